The van der Waals surface area contributed by atoms with Gasteiger partial charge in [0.15, 0.2) is 11.5 Å². The summed E-state index contributed by atoms with van der Waals surface area (Å²) < 4.78 is 12.8. The van der Waals surface area contributed by atoms with Crippen molar-refractivity contribution in [2.24, 2.45) is 0 Å². The molecule has 0 aliphatic carbocycles. The van der Waals surface area contributed by atoms with E-state index >= 15 is 0 Å². The number of hydrogen-bond donors (Lipinski definition) is 1. The number of ether oxygens (including phenoxy) is 2. The quantitative estimate of drug-likeness (QED) is 0.505. The van der Waals surface area contributed by atoms with Gasteiger partial charge in [-0.1, -0.05) is 0 Å². The summed E-state index contributed by atoms with van der Waals surface area (Å²) in [5.41, 5.74) is 1.73. The summed E-state index contributed by atoms with van der Waals surface area (Å²) in [6.45, 7) is 6.29. The zero-order valence-electron chi connectivity index (χ0n) is 17.6. The van der Waals surface area contributed by atoms with Crippen LogP contribution in [-0.4, -0.2) is 65.1 Å². The number of carbonyl (C=O) groups is 1. The molecule has 0 bridgehead atoms. The van der Waals surface area contributed by atoms with Gasteiger partial charge in [-0.05, 0) is 50.2 Å². The minimum atomic E-state index is -0.342. The minimum Gasteiger partial charge on any atom is -0.427 e. The number of carbonyl (C=O) groups excluding carboxylic acids is 1. The van der Waals surface area contributed by atoms with Gasteiger partial charge in [0, 0.05) is 25.6 Å². The molecule has 2 aromatic heterocycles. The number of fused-ring (bicyclic) bond motifs is 1. The highest BCUT2D eigenvalue weighted by atomic mass is 16.5. The molecule has 5 rings (SSSR count). The SMILES string of the molecule is CC(=O)Oc1ccc(-c2nc(N3CCOCC3)c3cnn(C4CCNCC4)c3n2)cc1. The zero-order chi connectivity index (χ0) is 21.2. The number of aromatic nitrogens is 4. The first kappa shape index (κ1) is 19.9. The van der Waals surface area contributed by atoms with Crippen LogP contribution in [-0.2, 0) is 9.53 Å². The van der Waals surface area contributed by atoms with E-state index < -0.39 is 0 Å². The Kier molecular flexibility index (Phi) is 5.52. The standard InChI is InChI=1S/C22H26N6O3/c1-15(29)31-18-4-2-16(3-5-18)20-25-21(27-10-12-30-13-11-27)19-14-24-28(22(19)26-20)17-6-8-23-9-7-17/h2-5,14,17,23H,6-13H2,1H3. The number of morpholine rings is 1. The highest BCUT2D eigenvalue weighted by Gasteiger charge is 2.24. The molecule has 0 unspecified atom stereocenters. The van der Waals surface area contributed by atoms with Crippen LogP contribution in [0.1, 0.15) is 25.8 Å². The summed E-state index contributed by atoms with van der Waals surface area (Å²) in [7, 11) is 0. The van der Waals surface area contributed by atoms with E-state index in [2.05, 4.69) is 14.9 Å². The average Bonchev–Trinajstić information content (AvgIpc) is 3.24. The monoisotopic (exact) mass is 422 g/mol. The molecule has 0 saturated carbocycles. The molecule has 0 amide bonds. The molecule has 2 aliphatic heterocycles. The van der Waals surface area contributed by atoms with Crippen LogP contribution in [0, 0.1) is 0 Å². The molecule has 2 aliphatic rings. The highest BCUT2D eigenvalue weighted by Crippen LogP contribution is 2.31. The molecule has 31 heavy (non-hydrogen) atoms. The van der Waals surface area contributed by atoms with Crippen LogP contribution >= 0.6 is 0 Å². The molecule has 2 saturated heterocycles. The maximum absolute atomic E-state index is 11.2. The van der Waals surface area contributed by atoms with Gasteiger partial charge in [-0.3, -0.25) is 4.79 Å². The Hall–Kier alpha value is -3.04. The average molecular weight is 422 g/mol. The number of esters is 1. The number of hydrogen-bond acceptors (Lipinski definition) is 8. The first-order valence-electron chi connectivity index (χ1n) is 10.8. The van der Waals surface area contributed by atoms with Crippen LogP contribution in [0.2, 0.25) is 0 Å². The summed E-state index contributed by atoms with van der Waals surface area (Å²) >= 11 is 0. The third-order valence-corrected chi connectivity index (χ3v) is 5.77. The lowest BCUT2D eigenvalue weighted by Gasteiger charge is -2.28. The fourth-order valence-electron chi connectivity index (χ4n) is 4.21. The molecular weight excluding hydrogens is 396 g/mol. The van der Waals surface area contributed by atoms with Crippen LogP contribution < -0.4 is 15.0 Å². The predicted octanol–water partition coefficient (Wildman–Crippen LogP) is 2.18. The van der Waals surface area contributed by atoms with E-state index in [1.165, 1.54) is 6.92 Å². The van der Waals surface area contributed by atoms with Crippen molar-refractivity contribution < 1.29 is 14.3 Å². The molecule has 1 aromatic carbocycles. The van der Waals surface area contributed by atoms with Crippen LogP contribution in [0.5, 0.6) is 5.75 Å². The van der Waals surface area contributed by atoms with E-state index in [4.69, 9.17) is 24.5 Å². The van der Waals surface area contributed by atoms with Gasteiger partial charge in [0.2, 0.25) is 0 Å². The summed E-state index contributed by atoms with van der Waals surface area (Å²) in [6.07, 6.45) is 3.95. The van der Waals surface area contributed by atoms with Gasteiger partial charge in [0.25, 0.3) is 0 Å². The largest absolute Gasteiger partial charge is 0.427 e. The molecule has 9 heteroatoms. The number of anilines is 1. The molecule has 162 valence electrons. The Morgan fingerprint density at radius 1 is 1.13 bits per heavy atom. The minimum absolute atomic E-state index is 0.324. The zero-order valence-corrected chi connectivity index (χ0v) is 17.6. The second kappa shape index (κ2) is 8.60. The van der Waals surface area contributed by atoms with Crippen molar-refractivity contribution in [3.63, 3.8) is 0 Å². The maximum atomic E-state index is 11.2. The van der Waals surface area contributed by atoms with E-state index in [1.807, 2.05) is 18.3 Å². The summed E-state index contributed by atoms with van der Waals surface area (Å²) in [6, 6.07) is 7.62. The van der Waals surface area contributed by atoms with Gasteiger partial charge in [0.05, 0.1) is 30.8 Å². The van der Waals surface area contributed by atoms with E-state index in [0.717, 1.165) is 61.4 Å². The van der Waals surface area contributed by atoms with Crippen LogP contribution in [0.3, 0.4) is 0 Å². The smallest absolute Gasteiger partial charge is 0.308 e. The van der Waals surface area contributed by atoms with Crippen LogP contribution in [0.4, 0.5) is 5.82 Å². The van der Waals surface area contributed by atoms with Crippen LogP contribution in [0.25, 0.3) is 22.4 Å². The first-order valence-corrected chi connectivity index (χ1v) is 10.8. The van der Waals surface area contributed by atoms with Gasteiger partial charge in [-0.25, -0.2) is 14.6 Å². The lowest BCUT2D eigenvalue weighted by molar-refractivity contribution is -0.131. The summed E-state index contributed by atoms with van der Waals surface area (Å²) in [5.74, 6) is 1.70. The van der Waals surface area contributed by atoms with Gasteiger partial charge in [-0.2, -0.15) is 5.10 Å². The predicted molar refractivity (Wildman–Crippen MR) is 116 cm³/mol. The molecule has 9 nitrogen and oxygen atoms in total. The topological polar surface area (TPSA) is 94.4 Å². The molecule has 0 atom stereocenters. The van der Waals surface area contributed by atoms with E-state index in [9.17, 15) is 4.79 Å². The Bertz CT molecular complexity index is 1070. The first-order chi connectivity index (χ1) is 15.2. The maximum Gasteiger partial charge on any atom is 0.308 e. The van der Waals surface area contributed by atoms with Gasteiger partial charge < -0.3 is 19.7 Å². The van der Waals surface area contributed by atoms with Crippen molar-refractivity contribution in [2.75, 3.05) is 44.3 Å². The molecule has 0 spiro atoms. The van der Waals surface area contributed by atoms with Crippen molar-refractivity contribution >= 4 is 22.8 Å². The van der Waals surface area contributed by atoms with Crippen molar-refractivity contribution in [3.05, 3.63) is 30.5 Å². The van der Waals surface area contributed by atoms with E-state index in [-0.39, 0.29) is 5.97 Å². The molecule has 1 N–H and O–H groups in total. The fraction of sp³-hybridized carbons (Fsp3) is 0.455. The Morgan fingerprint density at radius 3 is 2.58 bits per heavy atom. The number of benzene rings is 1. The normalized spacial score (nSPS) is 17.8. The number of piperidine rings is 1. The Labute approximate surface area is 180 Å². The van der Waals surface area contributed by atoms with Crippen molar-refractivity contribution in [3.8, 4) is 17.1 Å². The lowest BCUT2D eigenvalue weighted by atomic mass is 10.1. The summed E-state index contributed by atoms with van der Waals surface area (Å²) in [5, 5.41) is 9.11. The highest BCUT2D eigenvalue weighted by molar-refractivity contribution is 5.89. The van der Waals surface area contributed by atoms with E-state index in [0.29, 0.717) is 30.8 Å². The Morgan fingerprint density at radius 2 is 1.87 bits per heavy atom. The number of rotatable bonds is 4. The molecule has 0 radical (unpaired) electrons. The van der Waals surface area contributed by atoms with Crippen molar-refractivity contribution in [2.45, 2.75) is 25.8 Å². The van der Waals surface area contributed by atoms with Gasteiger partial charge in [0.1, 0.15) is 11.6 Å². The third-order valence-electron chi connectivity index (χ3n) is 5.77. The summed E-state index contributed by atoms with van der Waals surface area (Å²) in [4.78, 5) is 23.3. The van der Waals surface area contributed by atoms with Crippen molar-refractivity contribution in [1.82, 2.24) is 25.1 Å². The number of nitrogens with zero attached hydrogens (tertiary/aromatic N) is 5. The lowest BCUT2D eigenvalue weighted by Crippen LogP contribution is -2.37. The molecule has 3 aromatic rings. The van der Waals surface area contributed by atoms with Crippen LogP contribution in [0.15, 0.2) is 30.5 Å². The second-order valence-corrected chi connectivity index (χ2v) is 7.90. The van der Waals surface area contributed by atoms with Gasteiger partial charge >= 0.3 is 5.97 Å². The van der Waals surface area contributed by atoms with Gasteiger partial charge in [-0.15, -0.1) is 0 Å². The molecule has 4 heterocycles. The molecular formula is C22H26N6O3. The number of nitrogens with one attached hydrogen (secondary N) is 1. The van der Waals surface area contributed by atoms with E-state index in [1.54, 1.807) is 12.1 Å². The third kappa shape index (κ3) is 4.11. The molecule has 2 fully saturated rings. The fourth-order valence-corrected chi connectivity index (χ4v) is 4.21. The van der Waals surface area contributed by atoms with Crippen molar-refractivity contribution in [1.29, 1.82) is 0 Å². The Balaban J connectivity index is 1.59. The second-order valence-electron chi connectivity index (χ2n) is 7.90.